The summed E-state index contributed by atoms with van der Waals surface area (Å²) in [5.41, 5.74) is 2.45. The maximum atomic E-state index is 7.63. The summed E-state index contributed by atoms with van der Waals surface area (Å²) in [6, 6.07) is 0. The van der Waals surface area contributed by atoms with Gasteiger partial charge in [0.1, 0.15) is 0 Å². The van der Waals surface area contributed by atoms with Gasteiger partial charge in [-0.05, 0) is 30.8 Å². The molecule has 62 valence electrons. The predicted octanol–water partition coefficient (Wildman–Crippen LogP) is 3.02. The van der Waals surface area contributed by atoms with Crippen LogP contribution in [0.15, 0.2) is 11.6 Å². The lowest BCUT2D eigenvalue weighted by Crippen LogP contribution is -2.26. The van der Waals surface area contributed by atoms with Gasteiger partial charge < -0.3 is 5.41 Å². The van der Waals surface area contributed by atoms with E-state index in [1.807, 2.05) is 6.08 Å². The fourth-order valence-corrected chi connectivity index (χ4v) is 1.61. The van der Waals surface area contributed by atoms with Gasteiger partial charge in [-0.15, -0.1) is 0 Å². The lowest BCUT2D eigenvalue weighted by molar-refractivity contribution is 0.364. The van der Waals surface area contributed by atoms with Gasteiger partial charge in [0, 0.05) is 5.71 Å². The van der Waals surface area contributed by atoms with Gasteiger partial charge in [0.15, 0.2) is 0 Å². The van der Waals surface area contributed by atoms with E-state index in [0.29, 0.717) is 11.3 Å². The second-order valence-corrected chi connectivity index (χ2v) is 4.27. The van der Waals surface area contributed by atoms with Crippen LogP contribution in [-0.4, -0.2) is 5.71 Å². The number of allylic oxidation sites excluding steroid dienone is 2. The minimum absolute atomic E-state index is 0.309. The highest BCUT2D eigenvalue weighted by atomic mass is 14.5. The smallest absolute Gasteiger partial charge is 0.0342 e. The minimum atomic E-state index is 0.309. The van der Waals surface area contributed by atoms with Gasteiger partial charge in [0.2, 0.25) is 0 Å². The van der Waals surface area contributed by atoms with Gasteiger partial charge in [-0.25, -0.2) is 0 Å². The summed E-state index contributed by atoms with van der Waals surface area (Å²) >= 11 is 0. The Labute approximate surface area is 69.0 Å². The van der Waals surface area contributed by atoms with Crippen LogP contribution >= 0.6 is 0 Å². The van der Waals surface area contributed by atoms with Gasteiger partial charge in [-0.2, -0.15) is 0 Å². The first kappa shape index (κ1) is 8.51. The molecule has 1 aliphatic carbocycles. The average molecular weight is 151 g/mol. The Bertz CT molecular complexity index is 211. The highest BCUT2D eigenvalue weighted by molar-refractivity contribution is 5.95. The van der Waals surface area contributed by atoms with E-state index in [0.717, 1.165) is 12.1 Å². The normalized spacial score (nSPS) is 30.0. The summed E-state index contributed by atoms with van der Waals surface area (Å²) in [7, 11) is 0. The van der Waals surface area contributed by atoms with Crippen molar-refractivity contribution in [2.75, 3.05) is 0 Å². The van der Waals surface area contributed by atoms with Crippen LogP contribution in [0.3, 0.4) is 0 Å². The van der Waals surface area contributed by atoms with E-state index >= 15 is 0 Å². The van der Waals surface area contributed by atoms with E-state index in [2.05, 4.69) is 27.7 Å². The van der Waals surface area contributed by atoms with Crippen LogP contribution in [0.4, 0.5) is 0 Å². The zero-order valence-corrected chi connectivity index (χ0v) is 7.86. The molecule has 0 radical (unpaired) electrons. The standard InChI is InChI=1S/C10H17N/c1-7-6-10(3,4)8(2)5-9(7)11/h5,7,11H,6H2,1-4H3. The quantitative estimate of drug-likeness (QED) is 0.550. The molecule has 0 aliphatic heterocycles. The predicted molar refractivity (Wildman–Crippen MR) is 49.0 cm³/mol. The van der Waals surface area contributed by atoms with Crippen LogP contribution < -0.4 is 0 Å². The van der Waals surface area contributed by atoms with Gasteiger partial charge in [0.05, 0.1) is 0 Å². The van der Waals surface area contributed by atoms with Crippen LogP contribution in [-0.2, 0) is 0 Å². The van der Waals surface area contributed by atoms with Crippen LogP contribution in [0.1, 0.15) is 34.1 Å². The van der Waals surface area contributed by atoms with Crippen LogP contribution in [0.25, 0.3) is 0 Å². The lowest BCUT2D eigenvalue weighted by Gasteiger charge is -2.33. The fraction of sp³-hybridized carbons (Fsp3) is 0.700. The molecule has 0 heterocycles. The Morgan fingerprint density at radius 2 is 2.09 bits per heavy atom. The van der Waals surface area contributed by atoms with Crippen molar-refractivity contribution < 1.29 is 0 Å². The number of nitrogens with one attached hydrogen (secondary N) is 1. The molecule has 11 heavy (non-hydrogen) atoms. The average Bonchev–Trinajstić information content (AvgIpc) is 1.83. The van der Waals surface area contributed by atoms with E-state index in [-0.39, 0.29) is 0 Å². The van der Waals surface area contributed by atoms with Gasteiger partial charge >= 0.3 is 0 Å². The maximum Gasteiger partial charge on any atom is 0.0342 e. The Morgan fingerprint density at radius 3 is 2.55 bits per heavy atom. The molecule has 1 rings (SSSR count). The van der Waals surface area contributed by atoms with E-state index in [9.17, 15) is 0 Å². The fourth-order valence-electron chi connectivity index (χ4n) is 1.61. The van der Waals surface area contributed by atoms with Gasteiger partial charge in [0.25, 0.3) is 0 Å². The lowest BCUT2D eigenvalue weighted by atomic mass is 9.72. The van der Waals surface area contributed by atoms with Crippen molar-refractivity contribution in [1.29, 1.82) is 5.41 Å². The summed E-state index contributed by atoms with van der Waals surface area (Å²) in [6.45, 7) is 8.76. The first-order valence-corrected chi connectivity index (χ1v) is 4.21. The monoisotopic (exact) mass is 151 g/mol. The third-order valence-electron chi connectivity index (χ3n) is 2.79. The number of hydrogen-bond acceptors (Lipinski definition) is 1. The second-order valence-electron chi connectivity index (χ2n) is 4.27. The molecule has 0 bridgehead atoms. The molecule has 1 aliphatic rings. The molecule has 1 unspecified atom stereocenters. The Balaban J connectivity index is 2.95. The molecule has 0 saturated carbocycles. The number of rotatable bonds is 0. The SMILES string of the molecule is CC1=CC(=N)C(C)CC1(C)C. The van der Waals surface area contributed by atoms with Crippen LogP contribution in [0, 0.1) is 16.7 Å². The Hall–Kier alpha value is -0.590. The van der Waals surface area contributed by atoms with Crippen molar-refractivity contribution in [3.05, 3.63) is 11.6 Å². The van der Waals surface area contributed by atoms with Gasteiger partial charge in [-0.1, -0.05) is 26.3 Å². The molecule has 0 amide bonds. The third kappa shape index (κ3) is 1.52. The summed E-state index contributed by atoms with van der Waals surface area (Å²) in [5.74, 6) is 0.439. The third-order valence-corrected chi connectivity index (χ3v) is 2.79. The molecule has 0 aromatic heterocycles. The largest absolute Gasteiger partial charge is 0.305 e. The highest BCUT2D eigenvalue weighted by Crippen LogP contribution is 2.37. The van der Waals surface area contributed by atoms with Crippen molar-refractivity contribution in [3.8, 4) is 0 Å². The zero-order chi connectivity index (χ0) is 8.65. The summed E-state index contributed by atoms with van der Waals surface area (Å²) in [6.07, 6.45) is 3.14. The molecule has 0 saturated heterocycles. The maximum absolute atomic E-state index is 7.63. The highest BCUT2D eigenvalue weighted by Gasteiger charge is 2.28. The topological polar surface area (TPSA) is 23.9 Å². The summed E-state index contributed by atoms with van der Waals surface area (Å²) in [5, 5.41) is 7.63. The van der Waals surface area contributed by atoms with E-state index in [4.69, 9.17) is 5.41 Å². The molecule has 1 N–H and O–H groups in total. The van der Waals surface area contributed by atoms with Crippen molar-refractivity contribution in [2.45, 2.75) is 34.1 Å². The van der Waals surface area contributed by atoms with Crippen LogP contribution in [0.5, 0.6) is 0 Å². The second kappa shape index (κ2) is 2.47. The molecule has 1 atom stereocenters. The molecule has 1 nitrogen and oxygen atoms in total. The molecular formula is C10H17N. The van der Waals surface area contributed by atoms with Crippen molar-refractivity contribution in [3.63, 3.8) is 0 Å². The first-order chi connectivity index (χ1) is 4.93. The Kier molecular flexibility index (Phi) is 1.91. The van der Waals surface area contributed by atoms with E-state index < -0.39 is 0 Å². The summed E-state index contributed by atoms with van der Waals surface area (Å²) < 4.78 is 0. The van der Waals surface area contributed by atoms with Gasteiger partial charge in [-0.3, -0.25) is 0 Å². The molecule has 1 heteroatoms. The molecule has 0 aromatic carbocycles. The zero-order valence-electron chi connectivity index (χ0n) is 7.86. The van der Waals surface area contributed by atoms with Crippen molar-refractivity contribution >= 4 is 5.71 Å². The van der Waals surface area contributed by atoms with E-state index in [1.165, 1.54) is 5.57 Å². The minimum Gasteiger partial charge on any atom is -0.305 e. The molecule has 0 fully saturated rings. The van der Waals surface area contributed by atoms with Crippen molar-refractivity contribution in [2.24, 2.45) is 11.3 Å². The van der Waals surface area contributed by atoms with Crippen LogP contribution in [0.2, 0.25) is 0 Å². The molecular weight excluding hydrogens is 134 g/mol. The first-order valence-electron chi connectivity index (χ1n) is 4.21. The molecule has 0 spiro atoms. The molecule has 0 aromatic rings. The van der Waals surface area contributed by atoms with Crippen molar-refractivity contribution in [1.82, 2.24) is 0 Å². The van der Waals surface area contributed by atoms with E-state index in [1.54, 1.807) is 0 Å². The summed E-state index contributed by atoms with van der Waals surface area (Å²) in [4.78, 5) is 0. The Morgan fingerprint density at radius 1 is 1.55 bits per heavy atom. The number of hydrogen-bond donors (Lipinski definition) is 1.